The Labute approximate surface area is 106 Å². The van der Waals surface area contributed by atoms with Crippen molar-refractivity contribution < 1.29 is 26.7 Å². The molecule has 19 heavy (non-hydrogen) atoms. The molecule has 108 valence electrons. The van der Waals surface area contributed by atoms with Gasteiger partial charge in [0.05, 0.1) is 12.5 Å². The molecule has 1 rings (SSSR count). The molecule has 0 radical (unpaired) electrons. The predicted molar refractivity (Wildman–Crippen MR) is 55.1 cm³/mol. The third-order valence-corrected chi connectivity index (χ3v) is 2.92. The number of nitrogens with one attached hydrogen (secondary N) is 1. The number of alkyl halides is 5. The molecular weight excluding hydrogens is 271 g/mol. The van der Waals surface area contributed by atoms with Gasteiger partial charge in [0, 0.05) is 18.8 Å². The number of amides is 1. The summed E-state index contributed by atoms with van der Waals surface area (Å²) >= 11 is 0. The second kappa shape index (κ2) is 5.72. The smallest absolute Gasteiger partial charge is 0.340 e. The normalized spacial score (nSPS) is 24.3. The molecule has 0 aromatic carbocycles. The van der Waals surface area contributed by atoms with Gasteiger partial charge in [0.1, 0.15) is 6.04 Å². The lowest BCUT2D eigenvalue weighted by atomic mass is 9.86. The SMILES string of the molecule is N#CC(CC(F)(F)F)NC(=O)C1CCCC(F)(F)C1. The summed E-state index contributed by atoms with van der Waals surface area (Å²) in [7, 11) is 0. The lowest BCUT2D eigenvalue weighted by molar-refractivity contribution is -0.142. The summed E-state index contributed by atoms with van der Waals surface area (Å²) in [6.45, 7) is 0. The Morgan fingerprint density at radius 3 is 2.58 bits per heavy atom. The van der Waals surface area contributed by atoms with Crippen molar-refractivity contribution in [2.75, 3.05) is 0 Å². The molecule has 0 aliphatic heterocycles. The average Bonchev–Trinajstić information content (AvgIpc) is 2.24. The number of nitrogens with zero attached hydrogens (tertiary/aromatic N) is 1. The molecule has 0 saturated heterocycles. The molecule has 2 atom stereocenters. The largest absolute Gasteiger partial charge is 0.392 e. The van der Waals surface area contributed by atoms with Gasteiger partial charge in [-0.2, -0.15) is 18.4 Å². The molecule has 1 saturated carbocycles. The van der Waals surface area contributed by atoms with E-state index in [2.05, 4.69) is 0 Å². The van der Waals surface area contributed by atoms with Crippen LogP contribution in [0.25, 0.3) is 0 Å². The molecule has 1 amide bonds. The molecule has 1 aliphatic rings. The Balaban J connectivity index is 2.56. The van der Waals surface area contributed by atoms with Crippen molar-refractivity contribution in [2.45, 2.75) is 50.2 Å². The zero-order valence-corrected chi connectivity index (χ0v) is 9.94. The first-order chi connectivity index (χ1) is 8.63. The maximum Gasteiger partial charge on any atom is 0.392 e. The zero-order chi connectivity index (χ0) is 14.7. The standard InChI is InChI=1S/C11H13F5N2O/c12-10(13)3-1-2-7(4-10)9(19)18-8(6-17)5-11(14,15)16/h7-8H,1-5H2,(H,18,19). The van der Waals surface area contributed by atoms with E-state index in [0.29, 0.717) is 0 Å². The van der Waals surface area contributed by atoms with Gasteiger partial charge in [-0.3, -0.25) is 4.79 Å². The lowest BCUT2D eigenvalue weighted by Gasteiger charge is -2.28. The van der Waals surface area contributed by atoms with Crippen LogP contribution in [0.15, 0.2) is 0 Å². The van der Waals surface area contributed by atoms with Crippen LogP contribution in [0.2, 0.25) is 0 Å². The van der Waals surface area contributed by atoms with Crippen molar-refractivity contribution in [1.82, 2.24) is 5.32 Å². The summed E-state index contributed by atoms with van der Waals surface area (Å²) in [5.41, 5.74) is 0. The van der Waals surface area contributed by atoms with Crippen LogP contribution in [-0.4, -0.2) is 24.0 Å². The Bertz CT molecular complexity index is 374. The van der Waals surface area contributed by atoms with E-state index >= 15 is 0 Å². The molecule has 1 aliphatic carbocycles. The number of rotatable bonds is 3. The van der Waals surface area contributed by atoms with E-state index in [9.17, 15) is 26.7 Å². The second-order valence-corrected chi connectivity index (χ2v) is 4.66. The van der Waals surface area contributed by atoms with Gasteiger partial charge in [-0.1, -0.05) is 0 Å². The average molecular weight is 284 g/mol. The highest BCUT2D eigenvalue weighted by Gasteiger charge is 2.40. The summed E-state index contributed by atoms with van der Waals surface area (Å²) in [4.78, 5) is 11.6. The van der Waals surface area contributed by atoms with Crippen LogP contribution in [-0.2, 0) is 4.79 Å². The number of hydrogen-bond acceptors (Lipinski definition) is 2. The molecule has 1 fully saturated rings. The number of halogens is 5. The third kappa shape index (κ3) is 5.41. The highest BCUT2D eigenvalue weighted by molar-refractivity contribution is 5.79. The molecule has 1 N–H and O–H groups in total. The van der Waals surface area contributed by atoms with E-state index in [1.54, 1.807) is 0 Å². The first kappa shape index (κ1) is 15.7. The van der Waals surface area contributed by atoms with Gasteiger partial charge in [0.2, 0.25) is 11.8 Å². The Hall–Kier alpha value is -1.39. The van der Waals surface area contributed by atoms with E-state index in [1.165, 1.54) is 6.07 Å². The minimum absolute atomic E-state index is 0.140. The van der Waals surface area contributed by atoms with E-state index in [4.69, 9.17) is 5.26 Å². The topological polar surface area (TPSA) is 52.9 Å². The second-order valence-electron chi connectivity index (χ2n) is 4.66. The van der Waals surface area contributed by atoms with Gasteiger partial charge in [-0.15, -0.1) is 0 Å². The molecule has 0 heterocycles. The van der Waals surface area contributed by atoms with Crippen molar-refractivity contribution in [3.05, 3.63) is 0 Å². The maximum absolute atomic E-state index is 13.1. The van der Waals surface area contributed by atoms with Crippen LogP contribution < -0.4 is 5.32 Å². The molecule has 0 aromatic heterocycles. The van der Waals surface area contributed by atoms with Gasteiger partial charge in [0.15, 0.2) is 0 Å². The monoisotopic (exact) mass is 284 g/mol. The molecule has 0 aromatic rings. The van der Waals surface area contributed by atoms with Gasteiger partial charge < -0.3 is 5.32 Å². The van der Waals surface area contributed by atoms with Crippen molar-refractivity contribution in [1.29, 1.82) is 5.26 Å². The fraction of sp³-hybridized carbons (Fsp3) is 0.818. The number of carbonyl (C=O) groups excluding carboxylic acids is 1. The fourth-order valence-corrected chi connectivity index (χ4v) is 2.05. The summed E-state index contributed by atoms with van der Waals surface area (Å²) < 4.78 is 62.4. The molecule has 0 bridgehead atoms. The van der Waals surface area contributed by atoms with Gasteiger partial charge in [0.25, 0.3) is 0 Å². The third-order valence-electron chi connectivity index (χ3n) is 2.92. The molecule has 2 unspecified atom stereocenters. The molecule has 3 nitrogen and oxygen atoms in total. The van der Waals surface area contributed by atoms with Crippen LogP contribution in [0.3, 0.4) is 0 Å². The van der Waals surface area contributed by atoms with Crippen molar-refractivity contribution in [3.8, 4) is 6.07 Å². The zero-order valence-electron chi connectivity index (χ0n) is 9.94. The number of carbonyl (C=O) groups is 1. The first-order valence-corrected chi connectivity index (χ1v) is 5.77. The van der Waals surface area contributed by atoms with Crippen molar-refractivity contribution >= 4 is 5.91 Å². The molecule has 0 spiro atoms. The van der Waals surface area contributed by atoms with E-state index in [1.807, 2.05) is 5.32 Å². The minimum atomic E-state index is -4.59. The highest BCUT2D eigenvalue weighted by Crippen LogP contribution is 2.36. The van der Waals surface area contributed by atoms with Crippen LogP contribution in [0.1, 0.15) is 32.1 Å². The number of hydrogen-bond donors (Lipinski definition) is 1. The minimum Gasteiger partial charge on any atom is -0.340 e. The quantitative estimate of drug-likeness (QED) is 0.810. The van der Waals surface area contributed by atoms with E-state index < -0.39 is 42.8 Å². The Morgan fingerprint density at radius 2 is 2.11 bits per heavy atom. The summed E-state index contributed by atoms with van der Waals surface area (Å²) in [6.07, 6.45) is -6.74. The Morgan fingerprint density at radius 1 is 1.47 bits per heavy atom. The van der Waals surface area contributed by atoms with E-state index in [-0.39, 0.29) is 19.3 Å². The predicted octanol–water partition coefficient (Wildman–Crippen LogP) is 2.77. The lowest BCUT2D eigenvalue weighted by Crippen LogP contribution is -2.43. The van der Waals surface area contributed by atoms with Gasteiger partial charge in [-0.05, 0) is 12.8 Å². The van der Waals surface area contributed by atoms with Crippen LogP contribution >= 0.6 is 0 Å². The molecule has 8 heteroatoms. The molecular formula is C11H13F5N2O. The van der Waals surface area contributed by atoms with Gasteiger partial charge in [-0.25, -0.2) is 8.78 Å². The summed E-state index contributed by atoms with van der Waals surface area (Å²) in [5, 5.41) is 10.4. The summed E-state index contributed by atoms with van der Waals surface area (Å²) in [6, 6.07) is -0.423. The van der Waals surface area contributed by atoms with Crippen LogP contribution in [0, 0.1) is 17.2 Å². The fourth-order valence-electron chi connectivity index (χ4n) is 2.05. The maximum atomic E-state index is 13.1. The first-order valence-electron chi connectivity index (χ1n) is 5.77. The number of nitriles is 1. The highest BCUT2D eigenvalue weighted by atomic mass is 19.4. The van der Waals surface area contributed by atoms with Crippen LogP contribution in [0.4, 0.5) is 22.0 Å². The summed E-state index contributed by atoms with van der Waals surface area (Å²) in [5.74, 6) is -4.91. The van der Waals surface area contributed by atoms with Crippen molar-refractivity contribution in [3.63, 3.8) is 0 Å². The van der Waals surface area contributed by atoms with Gasteiger partial charge >= 0.3 is 6.18 Å². The van der Waals surface area contributed by atoms with Crippen LogP contribution in [0.5, 0.6) is 0 Å². The Kier molecular flexibility index (Phi) is 4.71. The van der Waals surface area contributed by atoms with Crippen molar-refractivity contribution in [2.24, 2.45) is 5.92 Å². The van der Waals surface area contributed by atoms with E-state index in [0.717, 1.165) is 0 Å².